The van der Waals surface area contributed by atoms with Crippen molar-refractivity contribution in [1.82, 2.24) is 9.97 Å². The second-order valence-electron chi connectivity index (χ2n) is 11.9. The number of ether oxygens (including phenoxy) is 3. The first-order chi connectivity index (χ1) is 25.0. The van der Waals surface area contributed by atoms with Crippen LogP contribution < -0.4 is 14.3 Å². The number of rotatable bonds is 13. The van der Waals surface area contributed by atoms with Crippen molar-refractivity contribution >= 4 is 43.2 Å². The summed E-state index contributed by atoms with van der Waals surface area (Å²) in [6.07, 6.45) is 3.76. The van der Waals surface area contributed by atoms with E-state index in [-0.39, 0.29) is 38.6 Å². The molecule has 0 aliphatic carbocycles. The molecule has 0 radical (unpaired) electrons. The Bertz CT molecular complexity index is 1840. The summed E-state index contributed by atoms with van der Waals surface area (Å²) in [5.41, 5.74) is 8.29. The van der Waals surface area contributed by atoms with Crippen LogP contribution in [0.4, 0.5) is 11.4 Å². The number of aromatic nitrogens is 2. The molecule has 0 saturated carbocycles. The summed E-state index contributed by atoms with van der Waals surface area (Å²) in [5, 5.41) is -1.14. The third-order valence-electron chi connectivity index (χ3n) is 8.51. The van der Waals surface area contributed by atoms with Gasteiger partial charge >= 0.3 is 5.97 Å². The molecular formula is C36H41N5O9S2. The summed E-state index contributed by atoms with van der Waals surface area (Å²) in [6.45, 7) is 1.35. The van der Waals surface area contributed by atoms with Gasteiger partial charge in [0.05, 0.1) is 68.3 Å². The predicted octanol–water partition coefficient (Wildman–Crippen LogP) is 3.34. The largest absolute Gasteiger partial charge is 0.465 e. The fourth-order valence-corrected chi connectivity index (χ4v) is 9.05. The van der Waals surface area contributed by atoms with E-state index in [1.54, 1.807) is 72.8 Å². The van der Waals surface area contributed by atoms with Crippen molar-refractivity contribution in [3.05, 3.63) is 120 Å². The lowest BCUT2D eigenvalue weighted by atomic mass is 10.2. The van der Waals surface area contributed by atoms with Crippen molar-refractivity contribution in [1.29, 1.82) is 0 Å². The number of para-hydroxylation sites is 2. The summed E-state index contributed by atoms with van der Waals surface area (Å²) in [4.78, 5) is 31.6. The van der Waals surface area contributed by atoms with Crippen LogP contribution in [0.3, 0.4) is 0 Å². The minimum absolute atomic E-state index is 0.0737. The SMILES string of the molecule is COC(=O)c1ccc(CN(c2ccccc2)S(=O)(=O)C2CCOC2)nc1.NCC(=O)c1ccc(CN(c2ccccc2)S(=O)(=O)C2CCOC2)nc1. The Balaban J connectivity index is 0.000000201. The van der Waals surface area contributed by atoms with Crippen LogP contribution in [-0.4, -0.2) is 89.1 Å². The molecule has 6 rings (SSSR count). The Morgan fingerprint density at radius 2 is 1.15 bits per heavy atom. The first-order valence-corrected chi connectivity index (χ1v) is 19.6. The van der Waals surface area contributed by atoms with Gasteiger partial charge in [0, 0.05) is 31.2 Å². The lowest BCUT2D eigenvalue weighted by Crippen LogP contribution is -2.39. The van der Waals surface area contributed by atoms with E-state index in [9.17, 15) is 26.4 Å². The van der Waals surface area contributed by atoms with Gasteiger partial charge in [-0.1, -0.05) is 36.4 Å². The number of methoxy groups -OCH3 is 1. The van der Waals surface area contributed by atoms with Gasteiger partial charge in [0.15, 0.2) is 5.78 Å². The number of carbonyl (C=O) groups excluding carboxylic acids is 2. The number of carbonyl (C=O) groups is 2. The van der Waals surface area contributed by atoms with Crippen molar-refractivity contribution in [2.75, 3.05) is 48.7 Å². The van der Waals surface area contributed by atoms with E-state index in [4.69, 9.17) is 15.2 Å². The number of anilines is 2. The van der Waals surface area contributed by atoms with Crippen LogP contribution in [0.5, 0.6) is 0 Å². The molecule has 2 aromatic heterocycles. The number of pyridine rings is 2. The van der Waals surface area contributed by atoms with Gasteiger partial charge < -0.3 is 19.9 Å². The van der Waals surface area contributed by atoms with Crippen LogP contribution in [0.1, 0.15) is 44.9 Å². The van der Waals surface area contributed by atoms with E-state index < -0.39 is 36.5 Å². The Morgan fingerprint density at radius 3 is 1.50 bits per heavy atom. The number of hydrogen-bond donors (Lipinski definition) is 1. The highest BCUT2D eigenvalue weighted by Crippen LogP contribution is 2.28. The zero-order chi connectivity index (χ0) is 37.1. The molecule has 2 fully saturated rings. The molecule has 2 saturated heterocycles. The van der Waals surface area contributed by atoms with Gasteiger partial charge in [-0.15, -0.1) is 0 Å². The monoisotopic (exact) mass is 751 g/mol. The number of esters is 1. The minimum Gasteiger partial charge on any atom is -0.465 e. The fourth-order valence-electron chi connectivity index (χ4n) is 5.55. The smallest absolute Gasteiger partial charge is 0.339 e. The van der Waals surface area contributed by atoms with E-state index in [2.05, 4.69) is 14.7 Å². The second-order valence-corrected chi connectivity index (χ2v) is 16.2. The van der Waals surface area contributed by atoms with Crippen molar-refractivity contribution < 1.29 is 40.6 Å². The summed E-state index contributed by atoms with van der Waals surface area (Å²) in [5.74, 6) is -0.695. The lowest BCUT2D eigenvalue weighted by Gasteiger charge is -2.27. The van der Waals surface area contributed by atoms with Crippen LogP contribution >= 0.6 is 0 Å². The van der Waals surface area contributed by atoms with Crippen molar-refractivity contribution in [3.63, 3.8) is 0 Å². The van der Waals surface area contributed by atoms with Gasteiger partial charge in [0.2, 0.25) is 20.0 Å². The minimum atomic E-state index is -3.61. The molecule has 0 spiro atoms. The van der Waals surface area contributed by atoms with Gasteiger partial charge in [-0.25, -0.2) is 21.6 Å². The molecule has 16 heteroatoms. The highest BCUT2D eigenvalue weighted by atomic mass is 32.2. The number of Topliss-reactive ketones (excluding diaryl/α,β-unsaturated/α-hetero) is 1. The molecule has 14 nitrogen and oxygen atoms in total. The standard InChI is InChI=1S/C18H21N3O4S.C18H20N2O5S/c19-10-18(22)14-6-7-15(20-11-14)12-21(16-4-2-1-3-5-16)26(23,24)17-8-9-25-13-17;1-24-18(21)14-7-8-15(19-11-14)12-20(16-5-3-2-4-6-16)26(22,23)17-9-10-25-13-17/h1-7,11,17H,8-10,12-13,19H2;2-8,11,17H,9-10,12-13H2,1H3. The van der Waals surface area contributed by atoms with E-state index in [1.165, 1.54) is 28.1 Å². The van der Waals surface area contributed by atoms with Crippen molar-refractivity contribution in [2.24, 2.45) is 5.73 Å². The zero-order valence-electron chi connectivity index (χ0n) is 28.6. The molecule has 4 heterocycles. The third kappa shape index (κ3) is 9.37. The molecule has 0 bridgehead atoms. The summed E-state index contributed by atoms with van der Waals surface area (Å²) < 4.78 is 70.3. The molecule has 276 valence electrons. The molecule has 2 N–H and O–H groups in total. The normalized spacial score (nSPS) is 17.1. The molecule has 2 aliphatic rings. The molecule has 52 heavy (non-hydrogen) atoms. The third-order valence-corrected chi connectivity index (χ3v) is 12.8. The number of sulfonamides is 2. The van der Waals surface area contributed by atoms with E-state index in [0.717, 1.165) is 0 Å². The first kappa shape index (κ1) is 38.5. The van der Waals surface area contributed by atoms with Crippen LogP contribution in [0.25, 0.3) is 0 Å². The van der Waals surface area contributed by atoms with Gasteiger partial charge in [-0.3, -0.25) is 23.4 Å². The van der Waals surface area contributed by atoms with Crippen LogP contribution in [0, 0.1) is 0 Å². The van der Waals surface area contributed by atoms with Crippen LogP contribution in [0.15, 0.2) is 97.3 Å². The van der Waals surface area contributed by atoms with Gasteiger partial charge in [0.1, 0.15) is 10.5 Å². The summed E-state index contributed by atoms with van der Waals surface area (Å²) >= 11 is 0. The quantitative estimate of drug-likeness (QED) is 0.155. The van der Waals surface area contributed by atoms with Crippen molar-refractivity contribution in [2.45, 2.75) is 36.4 Å². The highest BCUT2D eigenvalue weighted by Gasteiger charge is 2.36. The second kappa shape index (κ2) is 17.7. The molecule has 2 aromatic carbocycles. The maximum absolute atomic E-state index is 13.1. The highest BCUT2D eigenvalue weighted by molar-refractivity contribution is 7.93. The van der Waals surface area contributed by atoms with E-state index in [0.29, 0.717) is 59.9 Å². The molecule has 2 aliphatic heterocycles. The predicted molar refractivity (Wildman–Crippen MR) is 195 cm³/mol. The maximum Gasteiger partial charge on any atom is 0.339 e. The molecule has 4 aromatic rings. The Hall–Kier alpha value is -4.74. The van der Waals surface area contributed by atoms with Gasteiger partial charge in [-0.2, -0.15) is 0 Å². The van der Waals surface area contributed by atoms with E-state index in [1.807, 2.05) is 12.1 Å². The van der Waals surface area contributed by atoms with Crippen molar-refractivity contribution in [3.8, 4) is 0 Å². The molecule has 2 unspecified atom stereocenters. The van der Waals surface area contributed by atoms with Crippen LogP contribution in [-0.2, 0) is 47.3 Å². The average Bonchev–Trinajstić information content (AvgIpc) is 3.94. The number of nitrogens with two attached hydrogens (primary N) is 1. The van der Waals surface area contributed by atoms with Gasteiger partial charge in [0.25, 0.3) is 0 Å². The summed E-state index contributed by atoms with van der Waals surface area (Å²) in [7, 11) is -5.91. The number of ketones is 1. The average molecular weight is 752 g/mol. The number of nitrogens with zero attached hydrogens (tertiary/aromatic N) is 4. The fraction of sp³-hybridized carbons (Fsp3) is 0.333. The van der Waals surface area contributed by atoms with Crippen LogP contribution in [0.2, 0.25) is 0 Å². The summed E-state index contributed by atoms with van der Waals surface area (Å²) in [6, 6.07) is 24.3. The van der Waals surface area contributed by atoms with E-state index >= 15 is 0 Å². The Morgan fingerprint density at radius 1 is 0.712 bits per heavy atom. The molecular weight excluding hydrogens is 711 g/mol. The topological polar surface area (TPSA) is 188 Å². The number of hydrogen-bond acceptors (Lipinski definition) is 12. The number of benzene rings is 2. The molecule has 2 atom stereocenters. The lowest BCUT2D eigenvalue weighted by molar-refractivity contribution is 0.0600. The first-order valence-electron chi connectivity index (χ1n) is 16.5. The Labute approximate surface area is 303 Å². The Kier molecular flexibility index (Phi) is 13.1. The maximum atomic E-state index is 13.1. The van der Waals surface area contributed by atoms with Gasteiger partial charge in [-0.05, 0) is 61.4 Å². The molecule has 0 amide bonds. The zero-order valence-corrected chi connectivity index (χ0v) is 30.2.